The molecule has 0 bridgehead atoms. The molecule has 1 atom stereocenters. The molecule has 27 heavy (non-hydrogen) atoms. The topological polar surface area (TPSA) is 54.3 Å². The number of hydrogen-bond acceptors (Lipinski definition) is 3. The van der Waals surface area contributed by atoms with Crippen LogP contribution >= 0.6 is 0 Å². The molecule has 0 spiro atoms. The van der Waals surface area contributed by atoms with Gasteiger partial charge in [0.1, 0.15) is 11.4 Å². The van der Waals surface area contributed by atoms with Crippen LogP contribution in [0.5, 0.6) is 0 Å². The van der Waals surface area contributed by atoms with Gasteiger partial charge < -0.3 is 9.88 Å². The average Bonchev–Trinajstić information content (AvgIpc) is 2.64. The van der Waals surface area contributed by atoms with Gasteiger partial charge in [-0.15, -0.1) is 0 Å². The van der Waals surface area contributed by atoms with Crippen molar-refractivity contribution in [2.75, 3.05) is 13.1 Å². The summed E-state index contributed by atoms with van der Waals surface area (Å²) in [4.78, 5) is 27.4. The molecule has 3 rings (SSSR count). The first kappa shape index (κ1) is 19.3. The largest absolute Gasteiger partial charge is 0.348 e. The second-order valence-corrected chi connectivity index (χ2v) is 7.11. The summed E-state index contributed by atoms with van der Waals surface area (Å²) in [6, 6.07) is 9.93. The lowest BCUT2D eigenvalue weighted by molar-refractivity contribution is 0.0898. The molecule has 1 aliphatic rings. The van der Waals surface area contributed by atoms with Crippen LogP contribution in [0.1, 0.15) is 41.4 Å². The van der Waals surface area contributed by atoms with E-state index in [0.717, 1.165) is 43.7 Å². The van der Waals surface area contributed by atoms with Gasteiger partial charge in [0.2, 0.25) is 0 Å². The fourth-order valence-electron chi connectivity index (χ4n) is 3.66. The molecule has 144 valence electrons. The zero-order valence-corrected chi connectivity index (χ0v) is 15.9. The van der Waals surface area contributed by atoms with E-state index in [0.29, 0.717) is 6.54 Å². The van der Waals surface area contributed by atoms with Crippen LogP contribution in [0.25, 0.3) is 0 Å². The van der Waals surface area contributed by atoms with Crippen molar-refractivity contribution in [1.82, 2.24) is 14.8 Å². The zero-order chi connectivity index (χ0) is 19.4. The molecule has 1 fully saturated rings. The van der Waals surface area contributed by atoms with E-state index in [2.05, 4.69) is 10.2 Å². The first-order valence-corrected chi connectivity index (χ1v) is 9.46. The zero-order valence-electron chi connectivity index (χ0n) is 15.9. The first-order chi connectivity index (χ1) is 13.0. The number of aryl methyl sites for hydroxylation is 1. The molecule has 1 aromatic heterocycles. The Balaban J connectivity index is 1.64. The highest BCUT2D eigenvalue weighted by molar-refractivity contribution is 5.94. The van der Waals surface area contributed by atoms with Crippen LogP contribution in [0, 0.1) is 12.7 Å². The van der Waals surface area contributed by atoms with Gasteiger partial charge in [-0.2, -0.15) is 0 Å². The highest BCUT2D eigenvalue weighted by atomic mass is 19.1. The number of pyridine rings is 1. The Morgan fingerprint density at radius 2 is 1.96 bits per heavy atom. The van der Waals surface area contributed by atoms with E-state index in [-0.39, 0.29) is 28.9 Å². The summed E-state index contributed by atoms with van der Waals surface area (Å²) in [5.74, 6) is -0.547. The van der Waals surface area contributed by atoms with Crippen molar-refractivity contribution < 1.29 is 9.18 Å². The standard InChI is InChI=1S/C21H26FN3O2/c1-3-25-15(2)6-11-19(21(25)27)20(26)23-18-5-4-12-24(14-18)13-16-7-9-17(22)10-8-16/h6-11,18H,3-5,12-14H2,1-2H3,(H,23,26)/t18-/m1/s1. The maximum Gasteiger partial charge on any atom is 0.263 e. The third-order valence-electron chi connectivity index (χ3n) is 5.11. The number of halogens is 1. The lowest BCUT2D eigenvalue weighted by Gasteiger charge is -2.33. The third-order valence-corrected chi connectivity index (χ3v) is 5.11. The van der Waals surface area contributed by atoms with Crippen LogP contribution in [0.15, 0.2) is 41.2 Å². The van der Waals surface area contributed by atoms with Gasteiger partial charge in [-0.25, -0.2) is 4.39 Å². The van der Waals surface area contributed by atoms with Gasteiger partial charge in [0.15, 0.2) is 0 Å². The molecule has 1 amide bonds. The molecular formula is C21H26FN3O2. The van der Waals surface area contributed by atoms with Crippen molar-refractivity contribution in [3.8, 4) is 0 Å². The van der Waals surface area contributed by atoms with Crippen molar-refractivity contribution in [1.29, 1.82) is 0 Å². The van der Waals surface area contributed by atoms with Gasteiger partial charge in [-0.3, -0.25) is 14.5 Å². The van der Waals surface area contributed by atoms with Gasteiger partial charge in [0.05, 0.1) is 0 Å². The summed E-state index contributed by atoms with van der Waals surface area (Å²) in [5, 5.41) is 3.02. The molecule has 2 aromatic rings. The van der Waals surface area contributed by atoms with E-state index in [1.54, 1.807) is 22.8 Å². The van der Waals surface area contributed by atoms with Crippen LogP contribution in [0.3, 0.4) is 0 Å². The highest BCUT2D eigenvalue weighted by Crippen LogP contribution is 2.14. The van der Waals surface area contributed by atoms with Crippen LogP contribution in [-0.4, -0.2) is 34.5 Å². The fourth-order valence-corrected chi connectivity index (χ4v) is 3.66. The molecule has 0 aliphatic carbocycles. The summed E-state index contributed by atoms with van der Waals surface area (Å²) in [5.41, 5.74) is 1.85. The van der Waals surface area contributed by atoms with Crippen molar-refractivity contribution >= 4 is 5.91 Å². The maximum atomic E-state index is 13.1. The minimum atomic E-state index is -0.309. The molecule has 1 aromatic carbocycles. The predicted molar refractivity (Wildman–Crippen MR) is 103 cm³/mol. The Labute approximate surface area is 158 Å². The maximum absolute atomic E-state index is 13.1. The van der Waals surface area contributed by atoms with Gasteiger partial charge in [0, 0.05) is 31.4 Å². The number of carbonyl (C=O) groups excluding carboxylic acids is 1. The molecule has 1 aliphatic heterocycles. The number of aromatic nitrogens is 1. The van der Waals surface area contributed by atoms with E-state index in [1.807, 2.05) is 19.9 Å². The normalized spacial score (nSPS) is 17.7. The number of carbonyl (C=O) groups is 1. The number of rotatable bonds is 5. The molecule has 5 nitrogen and oxygen atoms in total. The third kappa shape index (κ3) is 4.63. The fraction of sp³-hybridized carbons (Fsp3) is 0.429. The SMILES string of the molecule is CCn1c(C)ccc(C(=O)N[C@@H]2CCCN(Cc3ccc(F)cc3)C2)c1=O. The molecule has 2 heterocycles. The molecular weight excluding hydrogens is 345 g/mol. The quantitative estimate of drug-likeness (QED) is 0.879. The van der Waals surface area contributed by atoms with E-state index in [4.69, 9.17) is 0 Å². The molecule has 1 saturated heterocycles. The second kappa shape index (κ2) is 8.48. The van der Waals surface area contributed by atoms with Crippen molar-refractivity contribution in [2.45, 2.75) is 45.8 Å². The number of nitrogens with zero attached hydrogens (tertiary/aromatic N) is 2. The van der Waals surface area contributed by atoms with Crippen molar-refractivity contribution in [3.63, 3.8) is 0 Å². The molecule has 1 N–H and O–H groups in total. The predicted octanol–water partition coefficient (Wildman–Crippen LogP) is 2.71. The van der Waals surface area contributed by atoms with Gasteiger partial charge >= 0.3 is 0 Å². The smallest absolute Gasteiger partial charge is 0.263 e. The Morgan fingerprint density at radius 3 is 2.67 bits per heavy atom. The van der Waals surface area contributed by atoms with E-state index in [9.17, 15) is 14.0 Å². The molecule has 0 radical (unpaired) electrons. The van der Waals surface area contributed by atoms with Gasteiger partial charge in [-0.1, -0.05) is 12.1 Å². The number of likely N-dealkylation sites (tertiary alicyclic amines) is 1. The number of amides is 1. The summed E-state index contributed by atoms with van der Waals surface area (Å²) < 4.78 is 14.7. The van der Waals surface area contributed by atoms with Crippen LogP contribution < -0.4 is 10.9 Å². The van der Waals surface area contributed by atoms with Crippen molar-refractivity contribution in [3.05, 3.63) is 69.4 Å². The second-order valence-electron chi connectivity index (χ2n) is 7.11. The van der Waals surface area contributed by atoms with Crippen LogP contribution in [-0.2, 0) is 13.1 Å². The summed E-state index contributed by atoms with van der Waals surface area (Å²) in [7, 11) is 0. The minimum absolute atomic E-state index is 0.00229. The van der Waals surface area contributed by atoms with E-state index in [1.165, 1.54) is 12.1 Å². The van der Waals surface area contributed by atoms with Gasteiger partial charge in [-0.05, 0) is 63.1 Å². The monoisotopic (exact) mass is 371 g/mol. The molecule has 0 saturated carbocycles. The summed E-state index contributed by atoms with van der Waals surface area (Å²) in [6.45, 7) is 6.68. The first-order valence-electron chi connectivity index (χ1n) is 9.46. The Morgan fingerprint density at radius 1 is 1.22 bits per heavy atom. The van der Waals surface area contributed by atoms with E-state index < -0.39 is 0 Å². The van der Waals surface area contributed by atoms with Crippen molar-refractivity contribution in [2.24, 2.45) is 0 Å². The van der Waals surface area contributed by atoms with Crippen LogP contribution in [0.2, 0.25) is 0 Å². The number of nitrogens with one attached hydrogen (secondary N) is 1. The Bertz CT molecular complexity index is 861. The lowest BCUT2D eigenvalue weighted by Crippen LogP contribution is -2.48. The Hall–Kier alpha value is -2.47. The highest BCUT2D eigenvalue weighted by Gasteiger charge is 2.23. The van der Waals surface area contributed by atoms with E-state index >= 15 is 0 Å². The summed E-state index contributed by atoms with van der Waals surface area (Å²) in [6.07, 6.45) is 1.86. The molecule has 0 unspecified atom stereocenters. The minimum Gasteiger partial charge on any atom is -0.348 e. The molecule has 6 heteroatoms. The van der Waals surface area contributed by atoms with Gasteiger partial charge in [0.25, 0.3) is 11.5 Å². The average molecular weight is 371 g/mol. The number of hydrogen-bond donors (Lipinski definition) is 1. The Kier molecular flexibility index (Phi) is 6.06. The summed E-state index contributed by atoms with van der Waals surface area (Å²) >= 11 is 0. The van der Waals surface area contributed by atoms with Crippen LogP contribution in [0.4, 0.5) is 4.39 Å². The number of benzene rings is 1. The number of piperidine rings is 1. The lowest BCUT2D eigenvalue weighted by atomic mass is 10.0.